The lowest BCUT2D eigenvalue weighted by atomic mass is 10.3. The van der Waals surface area contributed by atoms with Crippen LogP contribution in [-0.4, -0.2) is 0 Å². The van der Waals surface area contributed by atoms with Crippen LogP contribution in [0.3, 0.4) is 0 Å². The first-order valence-corrected chi connectivity index (χ1v) is 5.29. The number of rotatable bonds is 3. The summed E-state index contributed by atoms with van der Waals surface area (Å²) >= 11 is 3.36. The molecule has 0 atom stereocenters. The van der Waals surface area contributed by atoms with Gasteiger partial charge in [-0.25, -0.2) is 0 Å². The SMILES string of the molecule is Brc1ccccc1OOc1ccccc1. The molecule has 0 bridgehead atoms. The molecule has 0 saturated heterocycles. The number of halogens is 1. The van der Waals surface area contributed by atoms with E-state index in [1.807, 2.05) is 54.6 Å². The highest BCUT2D eigenvalue weighted by molar-refractivity contribution is 9.10. The van der Waals surface area contributed by atoms with Crippen molar-refractivity contribution in [3.63, 3.8) is 0 Å². The Morgan fingerprint density at radius 2 is 1.40 bits per heavy atom. The molecule has 2 aromatic rings. The minimum atomic E-state index is 0.654. The van der Waals surface area contributed by atoms with Gasteiger partial charge in [0, 0.05) is 0 Å². The monoisotopic (exact) mass is 264 g/mol. The molecule has 0 aliphatic rings. The summed E-state index contributed by atoms with van der Waals surface area (Å²) in [6, 6.07) is 16.9. The van der Waals surface area contributed by atoms with Gasteiger partial charge in [-0.05, 0) is 40.2 Å². The van der Waals surface area contributed by atoms with Crippen molar-refractivity contribution in [2.45, 2.75) is 0 Å². The van der Waals surface area contributed by atoms with Crippen LogP contribution in [0.1, 0.15) is 0 Å². The van der Waals surface area contributed by atoms with Gasteiger partial charge in [0.25, 0.3) is 0 Å². The van der Waals surface area contributed by atoms with Crippen molar-refractivity contribution in [2.24, 2.45) is 0 Å². The normalized spacial score (nSPS) is 9.67. The maximum absolute atomic E-state index is 5.18. The summed E-state index contributed by atoms with van der Waals surface area (Å²) in [6.45, 7) is 0. The summed E-state index contributed by atoms with van der Waals surface area (Å²) < 4.78 is 0.862. The zero-order valence-corrected chi connectivity index (χ0v) is 9.48. The first kappa shape index (κ1) is 10.1. The number of hydrogen-bond donors (Lipinski definition) is 0. The summed E-state index contributed by atoms with van der Waals surface area (Å²) in [7, 11) is 0. The molecule has 2 aromatic carbocycles. The van der Waals surface area contributed by atoms with Crippen molar-refractivity contribution in [1.82, 2.24) is 0 Å². The summed E-state index contributed by atoms with van der Waals surface area (Å²) in [5, 5.41) is 0. The van der Waals surface area contributed by atoms with Gasteiger partial charge in [-0.3, -0.25) is 9.78 Å². The largest absolute Gasteiger partial charge is 0.290 e. The van der Waals surface area contributed by atoms with Gasteiger partial charge in [0.05, 0.1) is 4.47 Å². The average Bonchev–Trinajstić information content (AvgIpc) is 2.29. The Morgan fingerprint density at radius 1 is 0.733 bits per heavy atom. The third-order valence-electron chi connectivity index (χ3n) is 1.81. The van der Waals surface area contributed by atoms with E-state index in [4.69, 9.17) is 9.78 Å². The fourth-order valence-corrected chi connectivity index (χ4v) is 1.43. The van der Waals surface area contributed by atoms with E-state index in [2.05, 4.69) is 15.9 Å². The fraction of sp³-hybridized carbons (Fsp3) is 0. The highest BCUT2D eigenvalue weighted by Crippen LogP contribution is 2.24. The molecule has 2 nitrogen and oxygen atoms in total. The predicted molar refractivity (Wildman–Crippen MR) is 61.8 cm³/mol. The van der Waals surface area contributed by atoms with E-state index in [1.54, 1.807) is 0 Å². The second-order valence-electron chi connectivity index (χ2n) is 2.91. The lowest BCUT2D eigenvalue weighted by Crippen LogP contribution is -2.00. The van der Waals surface area contributed by atoms with Gasteiger partial charge in [-0.2, -0.15) is 0 Å². The molecule has 0 aliphatic carbocycles. The Labute approximate surface area is 96.5 Å². The number of para-hydroxylation sites is 2. The zero-order chi connectivity index (χ0) is 10.5. The molecule has 76 valence electrons. The predicted octanol–water partition coefficient (Wildman–Crippen LogP) is 3.82. The van der Waals surface area contributed by atoms with Crippen LogP contribution >= 0.6 is 15.9 Å². The average molecular weight is 265 g/mol. The van der Waals surface area contributed by atoms with Gasteiger partial charge >= 0.3 is 0 Å². The maximum Gasteiger partial charge on any atom is 0.192 e. The molecule has 15 heavy (non-hydrogen) atoms. The van der Waals surface area contributed by atoms with Crippen LogP contribution in [0, 0.1) is 0 Å². The molecule has 0 heterocycles. The van der Waals surface area contributed by atoms with E-state index in [0.717, 1.165) is 4.47 Å². The Morgan fingerprint density at radius 3 is 2.13 bits per heavy atom. The second kappa shape index (κ2) is 4.84. The molecule has 0 radical (unpaired) electrons. The van der Waals surface area contributed by atoms with Gasteiger partial charge in [0.15, 0.2) is 11.5 Å². The molecule has 3 heteroatoms. The first-order chi connectivity index (χ1) is 7.36. The lowest BCUT2D eigenvalue weighted by molar-refractivity contribution is -0.101. The Bertz CT molecular complexity index is 429. The second-order valence-corrected chi connectivity index (χ2v) is 3.76. The summed E-state index contributed by atoms with van der Waals surface area (Å²) in [6.07, 6.45) is 0. The molecule has 0 saturated carbocycles. The Hall–Kier alpha value is -1.48. The Kier molecular flexibility index (Phi) is 3.25. The molecule has 0 unspecified atom stereocenters. The third kappa shape index (κ3) is 2.73. The third-order valence-corrected chi connectivity index (χ3v) is 2.46. The minimum Gasteiger partial charge on any atom is -0.290 e. The van der Waals surface area contributed by atoms with Crippen LogP contribution in [0.2, 0.25) is 0 Å². The molecule has 2 rings (SSSR count). The van der Waals surface area contributed by atoms with E-state index in [0.29, 0.717) is 11.5 Å². The molecular formula is C12H9BrO2. The van der Waals surface area contributed by atoms with Crippen LogP contribution < -0.4 is 9.78 Å². The summed E-state index contributed by atoms with van der Waals surface area (Å²) in [5.41, 5.74) is 0. The smallest absolute Gasteiger partial charge is 0.192 e. The van der Waals surface area contributed by atoms with E-state index < -0.39 is 0 Å². The van der Waals surface area contributed by atoms with Crippen LogP contribution in [0.25, 0.3) is 0 Å². The van der Waals surface area contributed by atoms with Crippen LogP contribution in [0.5, 0.6) is 11.5 Å². The first-order valence-electron chi connectivity index (χ1n) is 4.50. The van der Waals surface area contributed by atoms with Gasteiger partial charge in [-0.15, -0.1) is 0 Å². The van der Waals surface area contributed by atoms with E-state index in [9.17, 15) is 0 Å². The minimum absolute atomic E-state index is 0.654. The summed E-state index contributed by atoms with van der Waals surface area (Å²) in [4.78, 5) is 10.3. The van der Waals surface area contributed by atoms with Crippen molar-refractivity contribution < 1.29 is 9.78 Å². The molecule has 0 fully saturated rings. The molecule has 0 spiro atoms. The number of hydrogen-bond acceptors (Lipinski definition) is 2. The zero-order valence-electron chi connectivity index (χ0n) is 7.89. The lowest BCUT2D eigenvalue weighted by Gasteiger charge is -2.06. The van der Waals surface area contributed by atoms with Crippen LogP contribution in [0.4, 0.5) is 0 Å². The molecule has 0 N–H and O–H groups in total. The van der Waals surface area contributed by atoms with Crippen LogP contribution in [0.15, 0.2) is 59.1 Å². The van der Waals surface area contributed by atoms with E-state index in [1.165, 1.54) is 0 Å². The molecular weight excluding hydrogens is 256 g/mol. The molecule has 0 amide bonds. The van der Waals surface area contributed by atoms with Crippen LogP contribution in [-0.2, 0) is 0 Å². The Balaban J connectivity index is 2.03. The van der Waals surface area contributed by atoms with Gasteiger partial charge < -0.3 is 0 Å². The van der Waals surface area contributed by atoms with Gasteiger partial charge in [0.2, 0.25) is 0 Å². The summed E-state index contributed by atoms with van der Waals surface area (Å²) in [5.74, 6) is 1.33. The van der Waals surface area contributed by atoms with Gasteiger partial charge in [-0.1, -0.05) is 30.3 Å². The topological polar surface area (TPSA) is 18.5 Å². The van der Waals surface area contributed by atoms with Crippen molar-refractivity contribution >= 4 is 15.9 Å². The van der Waals surface area contributed by atoms with E-state index >= 15 is 0 Å². The van der Waals surface area contributed by atoms with Crippen molar-refractivity contribution in [1.29, 1.82) is 0 Å². The van der Waals surface area contributed by atoms with Gasteiger partial charge in [0.1, 0.15) is 0 Å². The quantitative estimate of drug-likeness (QED) is 0.620. The highest BCUT2D eigenvalue weighted by atomic mass is 79.9. The van der Waals surface area contributed by atoms with Crippen molar-refractivity contribution in [2.75, 3.05) is 0 Å². The highest BCUT2D eigenvalue weighted by Gasteiger charge is 2.00. The standard InChI is InChI=1S/C12H9BrO2/c13-11-8-4-5-9-12(11)15-14-10-6-2-1-3-7-10/h1-9H. The molecule has 0 aromatic heterocycles. The number of benzene rings is 2. The molecule has 0 aliphatic heterocycles. The van der Waals surface area contributed by atoms with E-state index in [-0.39, 0.29) is 0 Å². The van der Waals surface area contributed by atoms with Crippen molar-refractivity contribution in [3.05, 3.63) is 59.1 Å². The maximum atomic E-state index is 5.18. The van der Waals surface area contributed by atoms with Crippen molar-refractivity contribution in [3.8, 4) is 11.5 Å². The fourth-order valence-electron chi connectivity index (χ4n) is 1.08.